The third kappa shape index (κ3) is 2.45. The maximum atomic E-state index is 4.22. The molecule has 0 bridgehead atoms. The minimum atomic E-state index is 0.780. The molecule has 1 rings (SSSR count). The first-order valence-electron chi connectivity index (χ1n) is 3.69. The SMILES string of the molecule is C=C(CC)Cn1nc(Br)cc1Br. The Morgan fingerprint density at radius 1 is 1.67 bits per heavy atom. The average molecular weight is 294 g/mol. The topological polar surface area (TPSA) is 17.8 Å². The molecule has 0 unspecified atom stereocenters. The first-order chi connectivity index (χ1) is 5.63. The predicted molar refractivity (Wildman–Crippen MR) is 57.1 cm³/mol. The largest absolute Gasteiger partial charge is 0.253 e. The molecule has 0 radical (unpaired) electrons. The number of hydrogen-bond acceptors (Lipinski definition) is 1. The molecule has 0 N–H and O–H groups in total. The Labute approximate surface area is 88.9 Å². The summed E-state index contributed by atoms with van der Waals surface area (Å²) in [6.45, 7) is 6.79. The molecule has 0 aliphatic rings. The molecule has 0 spiro atoms. The summed E-state index contributed by atoms with van der Waals surface area (Å²) in [5.74, 6) is 0. The second-order valence-corrected chi connectivity index (χ2v) is 4.18. The van der Waals surface area contributed by atoms with Crippen LogP contribution in [0, 0.1) is 0 Å². The van der Waals surface area contributed by atoms with Crippen LogP contribution in [0.3, 0.4) is 0 Å². The standard InChI is InChI=1S/C8H10Br2N2/c1-3-6(2)5-12-8(10)4-7(9)11-12/h4H,2-3,5H2,1H3. The van der Waals surface area contributed by atoms with Crippen molar-refractivity contribution in [2.75, 3.05) is 0 Å². The zero-order chi connectivity index (χ0) is 9.14. The molecular formula is C8H10Br2N2. The fourth-order valence-electron chi connectivity index (χ4n) is 0.799. The summed E-state index contributed by atoms with van der Waals surface area (Å²) in [7, 11) is 0. The molecule has 0 fully saturated rings. The van der Waals surface area contributed by atoms with Gasteiger partial charge < -0.3 is 0 Å². The number of halogens is 2. The normalized spacial score (nSPS) is 10.2. The van der Waals surface area contributed by atoms with Crippen LogP contribution in [0.15, 0.2) is 27.4 Å². The zero-order valence-corrected chi connectivity index (χ0v) is 10.0. The molecule has 1 aromatic heterocycles. The predicted octanol–water partition coefficient (Wildman–Crippen LogP) is 3.37. The monoisotopic (exact) mass is 292 g/mol. The third-order valence-corrected chi connectivity index (χ3v) is 2.60. The highest BCUT2D eigenvalue weighted by Crippen LogP contribution is 2.17. The zero-order valence-electron chi connectivity index (χ0n) is 6.85. The smallest absolute Gasteiger partial charge is 0.129 e. The lowest BCUT2D eigenvalue weighted by molar-refractivity contribution is 0.647. The van der Waals surface area contributed by atoms with E-state index in [0.717, 1.165) is 22.2 Å². The number of hydrogen-bond donors (Lipinski definition) is 0. The molecule has 0 aromatic carbocycles. The number of nitrogens with zero attached hydrogens (tertiary/aromatic N) is 2. The van der Waals surface area contributed by atoms with Crippen molar-refractivity contribution in [3.63, 3.8) is 0 Å². The van der Waals surface area contributed by atoms with Gasteiger partial charge in [-0.15, -0.1) is 0 Å². The third-order valence-electron chi connectivity index (χ3n) is 1.57. The summed E-state index contributed by atoms with van der Waals surface area (Å²) in [6, 6.07) is 1.92. The van der Waals surface area contributed by atoms with Crippen LogP contribution in [0.1, 0.15) is 13.3 Å². The van der Waals surface area contributed by atoms with E-state index in [0.29, 0.717) is 0 Å². The Morgan fingerprint density at radius 3 is 2.75 bits per heavy atom. The van der Waals surface area contributed by atoms with Crippen LogP contribution < -0.4 is 0 Å². The van der Waals surface area contributed by atoms with Crippen LogP contribution in [0.25, 0.3) is 0 Å². The van der Waals surface area contributed by atoms with Gasteiger partial charge >= 0.3 is 0 Å². The molecular weight excluding hydrogens is 284 g/mol. The van der Waals surface area contributed by atoms with Crippen LogP contribution in [0.5, 0.6) is 0 Å². The quantitative estimate of drug-likeness (QED) is 0.781. The van der Waals surface area contributed by atoms with Crippen molar-refractivity contribution in [2.24, 2.45) is 0 Å². The maximum absolute atomic E-state index is 4.22. The molecule has 0 atom stereocenters. The van der Waals surface area contributed by atoms with Gasteiger partial charge in [0, 0.05) is 6.07 Å². The van der Waals surface area contributed by atoms with Gasteiger partial charge in [-0.05, 0) is 38.3 Å². The fraction of sp³-hybridized carbons (Fsp3) is 0.375. The highest BCUT2D eigenvalue weighted by atomic mass is 79.9. The molecule has 66 valence electrons. The number of allylic oxidation sites excluding steroid dienone is 1. The summed E-state index contributed by atoms with van der Waals surface area (Å²) in [4.78, 5) is 0. The van der Waals surface area contributed by atoms with Gasteiger partial charge in [-0.2, -0.15) is 5.10 Å². The Bertz CT molecular complexity index is 291. The Kier molecular flexibility index (Phi) is 3.53. The first kappa shape index (κ1) is 9.99. The van der Waals surface area contributed by atoms with Crippen LogP contribution in [-0.2, 0) is 6.54 Å². The van der Waals surface area contributed by atoms with Gasteiger partial charge in [0.15, 0.2) is 0 Å². The van der Waals surface area contributed by atoms with E-state index in [1.54, 1.807) is 0 Å². The summed E-state index contributed by atoms with van der Waals surface area (Å²) >= 11 is 6.71. The molecule has 0 aliphatic carbocycles. The minimum Gasteiger partial charge on any atom is -0.253 e. The lowest BCUT2D eigenvalue weighted by Crippen LogP contribution is -2.01. The Balaban J connectivity index is 2.75. The van der Waals surface area contributed by atoms with Crippen molar-refractivity contribution in [1.29, 1.82) is 0 Å². The molecule has 0 saturated carbocycles. The van der Waals surface area contributed by atoms with Crippen molar-refractivity contribution in [3.05, 3.63) is 27.4 Å². The van der Waals surface area contributed by atoms with Gasteiger partial charge in [0.05, 0.1) is 6.54 Å². The van der Waals surface area contributed by atoms with E-state index in [9.17, 15) is 0 Å². The first-order valence-corrected chi connectivity index (χ1v) is 5.27. The van der Waals surface area contributed by atoms with Crippen LogP contribution in [0.2, 0.25) is 0 Å². The van der Waals surface area contributed by atoms with Crippen molar-refractivity contribution in [1.82, 2.24) is 9.78 Å². The lowest BCUT2D eigenvalue weighted by atomic mass is 10.2. The van der Waals surface area contributed by atoms with Crippen molar-refractivity contribution < 1.29 is 0 Å². The van der Waals surface area contributed by atoms with E-state index < -0.39 is 0 Å². The molecule has 2 nitrogen and oxygen atoms in total. The van der Waals surface area contributed by atoms with Crippen molar-refractivity contribution in [3.8, 4) is 0 Å². The van der Waals surface area contributed by atoms with Gasteiger partial charge in [0.2, 0.25) is 0 Å². The second-order valence-electron chi connectivity index (χ2n) is 2.55. The van der Waals surface area contributed by atoms with Crippen molar-refractivity contribution >= 4 is 31.9 Å². The van der Waals surface area contributed by atoms with E-state index in [4.69, 9.17) is 0 Å². The fourth-order valence-corrected chi connectivity index (χ4v) is 1.94. The second kappa shape index (κ2) is 4.23. The van der Waals surface area contributed by atoms with E-state index in [1.165, 1.54) is 5.57 Å². The van der Waals surface area contributed by atoms with Gasteiger partial charge in [0.25, 0.3) is 0 Å². The molecule has 0 saturated heterocycles. The average Bonchev–Trinajstić information content (AvgIpc) is 2.30. The summed E-state index contributed by atoms with van der Waals surface area (Å²) in [5.41, 5.74) is 1.17. The number of rotatable bonds is 3. The molecule has 12 heavy (non-hydrogen) atoms. The highest BCUT2D eigenvalue weighted by Gasteiger charge is 2.02. The Hall–Kier alpha value is -0.0900. The van der Waals surface area contributed by atoms with Crippen LogP contribution in [0.4, 0.5) is 0 Å². The van der Waals surface area contributed by atoms with Crippen LogP contribution >= 0.6 is 31.9 Å². The minimum absolute atomic E-state index is 0.780. The lowest BCUT2D eigenvalue weighted by Gasteiger charge is -2.03. The summed E-state index contributed by atoms with van der Waals surface area (Å²) in [5, 5.41) is 4.22. The highest BCUT2D eigenvalue weighted by molar-refractivity contribution is 9.11. The Morgan fingerprint density at radius 2 is 2.33 bits per heavy atom. The number of aromatic nitrogens is 2. The summed E-state index contributed by atoms with van der Waals surface area (Å²) in [6.07, 6.45) is 0.990. The maximum Gasteiger partial charge on any atom is 0.129 e. The van der Waals surface area contributed by atoms with Gasteiger partial charge in [-0.25, -0.2) is 0 Å². The summed E-state index contributed by atoms with van der Waals surface area (Å²) < 4.78 is 3.69. The molecule has 4 heteroatoms. The van der Waals surface area contributed by atoms with Crippen LogP contribution in [-0.4, -0.2) is 9.78 Å². The van der Waals surface area contributed by atoms with E-state index in [2.05, 4.69) is 50.5 Å². The molecule has 1 heterocycles. The van der Waals surface area contributed by atoms with Crippen molar-refractivity contribution in [2.45, 2.75) is 19.9 Å². The molecule has 0 amide bonds. The van der Waals surface area contributed by atoms with Gasteiger partial charge in [-0.1, -0.05) is 19.1 Å². The van der Waals surface area contributed by atoms with E-state index in [-0.39, 0.29) is 0 Å². The molecule has 0 aliphatic heterocycles. The van der Waals surface area contributed by atoms with Gasteiger partial charge in [0.1, 0.15) is 9.21 Å². The van der Waals surface area contributed by atoms with Gasteiger partial charge in [-0.3, -0.25) is 4.68 Å². The van der Waals surface area contributed by atoms with E-state index in [1.807, 2.05) is 10.7 Å². The van der Waals surface area contributed by atoms with E-state index >= 15 is 0 Å². The molecule has 1 aromatic rings.